The van der Waals surface area contributed by atoms with Crippen molar-refractivity contribution in [2.45, 2.75) is 40.0 Å². The molecule has 0 saturated carbocycles. The van der Waals surface area contributed by atoms with Crippen LogP contribution in [0.5, 0.6) is 0 Å². The second-order valence-corrected chi connectivity index (χ2v) is 6.71. The number of nitrogens with one attached hydrogen (secondary N) is 2. The monoisotopic (exact) mass is 299 g/mol. The first-order valence-corrected chi connectivity index (χ1v) is 7.50. The summed E-state index contributed by atoms with van der Waals surface area (Å²) in [6.07, 6.45) is 1.47. The molecule has 1 aromatic rings. The maximum atomic E-state index is 11.9. The third kappa shape index (κ3) is 5.25. The number of amides is 1. The van der Waals surface area contributed by atoms with Crippen molar-refractivity contribution >= 4 is 11.6 Å². The van der Waals surface area contributed by atoms with Gasteiger partial charge in [0.15, 0.2) is 0 Å². The van der Waals surface area contributed by atoms with Gasteiger partial charge in [-0.1, -0.05) is 52.8 Å². The van der Waals surface area contributed by atoms with Crippen molar-refractivity contribution in [3.63, 3.8) is 0 Å². The van der Waals surface area contributed by atoms with E-state index in [-0.39, 0.29) is 16.9 Å². The van der Waals surface area contributed by atoms with Crippen LogP contribution >= 0.6 is 0 Å². The van der Waals surface area contributed by atoms with E-state index in [1.165, 1.54) is 6.20 Å². The summed E-state index contributed by atoms with van der Waals surface area (Å²) in [6.45, 7) is 10.9. The number of anilines is 1. The minimum Gasteiger partial charge on any atom is -0.360 e. The molecule has 1 aromatic carbocycles. The lowest BCUT2D eigenvalue weighted by Gasteiger charge is -2.22. The zero-order valence-electron chi connectivity index (χ0n) is 14.0. The van der Waals surface area contributed by atoms with Gasteiger partial charge in [-0.3, -0.25) is 4.79 Å². The summed E-state index contributed by atoms with van der Waals surface area (Å²) in [7, 11) is 0. The Morgan fingerprint density at radius 1 is 1.32 bits per heavy atom. The largest absolute Gasteiger partial charge is 0.360 e. The molecule has 0 spiro atoms. The topological polar surface area (TPSA) is 64.9 Å². The Balaban J connectivity index is 2.90. The van der Waals surface area contributed by atoms with Gasteiger partial charge in [0, 0.05) is 18.4 Å². The third-order valence-corrected chi connectivity index (χ3v) is 3.14. The quantitative estimate of drug-likeness (QED) is 0.645. The molecule has 0 heterocycles. The highest BCUT2D eigenvalue weighted by Crippen LogP contribution is 2.29. The number of nitrogens with zero attached hydrogens (tertiary/aromatic N) is 1. The van der Waals surface area contributed by atoms with Crippen LogP contribution < -0.4 is 10.6 Å². The first kappa shape index (κ1) is 17.8. The number of carbonyl (C=O) groups is 1. The minimum absolute atomic E-state index is 0.0237. The molecule has 0 bridgehead atoms. The molecule has 0 aliphatic carbocycles. The number of benzene rings is 1. The lowest BCUT2D eigenvalue weighted by atomic mass is 9.86. The molecule has 0 aliphatic rings. The van der Waals surface area contributed by atoms with Crippen molar-refractivity contribution in [1.82, 2.24) is 5.32 Å². The van der Waals surface area contributed by atoms with Gasteiger partial charge in [-0.25, -0.2) is 0 Å². The van der Waals surface area contributed by atoms with E-state index in [9.17, 15) is 4.79 Å². The van der Waals surface area contributed by atoms with Crippen molar-refractivity contribution in [2.24, 2.45) is 5.92 Å². The molecule has 0 saturated heterocycles. The lowest BCUT2D eigenvalue weighted by molar-refractivity contribution is -0.117. The van der Waals surface area contributed by atoms with Crippen LogP contribution in [0.15, 0.2) is 36.0 Å². The number of nitriles is 1. The summed E-state index contributed by atoms with van der Waals surface area (Å²) < 4.78 is 0. The molecule has 1 rings (SSSR count). The number of carbonyl (C=O) groups excluding carboxylic acids is 1. The summed E-state index contributed by atoms with van der Waals surface area (Å²) in [4.78, 5) is 11.9. The molecule has 2 N–H and O–H groups in total. The van der Waals surface area contributed by atoms with E-state index in [0.717, 1.165) is 11.3 Å². The Labute approximate surface area is 133 Å². The van der Waals surface area contributed by atoms with Crippen molar-refractivity contribution in [3.05, 3.63) is 41.6 Å². The van der Waals surface area contributed by atoms with E-state index >= 15 is 0 Å². The second-order valence-electron chi connectivity index (χ2n) is 6.71. The first-order chi connectivity index (χ1) is 10.3. The summed E-state index contributed by atoms with van der Waals surface area (Å²) >= 11 is 0. The van der Waals surface area contributed by atoms with Gasteiger partial charge in [0.25, 0.3) is 5.91 Å². The third-order valence-electron chi connectivity index (χ3n) is 3.14. The Morgan fingerprint density at radius 3 is 2.50 bits per heavy atom. The zero-order chi connectivity index (χ0) is 16.8. The molecule has 22 heavy (non-hydrogen) atoms. The Kier molecular flexibility index (Phi) is 6.18. The van der Waals surface area contributed by atoms with Gasteiger partial charge in [0.2, 0.25) is 0 Å². The van der Waals surface area contributed by atoms with Crippen LogP contribution in [-0.4, -0.2) is 12.5 Å². The number of para-hydroxylation sites is 1. The summed E-state index contributed by atoms with van der Waals surface area (Å²) in [6, 6.07) is 9.83. The molecule has 0 fully saturated rings. The van der Waals surface area contributed by atoms with Gasteiger partial charge in [0.1, 0.15) is 11.6 Å². The van der Waals surface area contributed by atoms with E-state index in [1.54, 1.807) is 0 Å². The maximum Gasteiger partial charge on any atom is 0.263 e. The van der Waals surface area contributed by atoms with Crippen molar-refractivity contribution in [2.75, 3.05) is 11.9 Å². The van der Waals surface area contributed by atoms with Crippen molar-refractivity contribution < 1.29 is 4.79 Å². The van der Waals surface area contributed by atoms with Crippen LogP contribution in [0.4, 0.5) is 5.69 Å². The van der Waals surface area contributed by atoms with Crippen LogP contribution in [0.1, 0.15) is 40.2 Å². The molecule has 0 aliphatic heterocycles. The molecule has 0 atom stereocenters. The second kappa shape index (κ2) is 7.65. The number of hydrogen-bond acceptors (Lipinski definition) is 3. The first-order valence-electron chi connectivity index (χ1n) is 7.50. The van der Waals surface area contributed by atoms with Gasteiger partial charge in [-0.05, 0) is 23.0 Å². The Bertz CT molecular complexity index is 589. The summed E-state index contributed by atoms with van der Waals surface area (Å²) in [5.41, 5.74) is 2.08. The molecular weight excluding hydrogens is 274 g/mol. The van der Waals surface area contributed by atoms with E-state index in [4.69, 9.17) is 5.26 Å². The Morgan fingerprint density at radius 2 is 1.95 bits per heavy atom. The standard InChI is InChI=1S/C18H25N3O/c1-13(2)11-21-17(22)14(10-19)12-20-16-9-7-6-8-15(16)18(3,4)5/h6-9,12-13,20H,11H2,1-5H3,(H,21,22)/b14-12-. The van der Waals surface area contributed by atoms with Gasteiger partial charge in [-0.15, -0.1) is 0 Å². The highest BCUT2D eigenvalue weighted by molar-refractivity contribution is 5.97. The van der Waals surface area contributed by atoms with E-state index in [2.05, 4.69) is 31.4 Å². The highest BCUT2D eigenvalue weighted by atomic mass is 16.1. The van der Waals surface area contributed by atoms with Gasteiger partial charge >= 0.3 is 0 Å². The fraction of sp³-hybridized carbons (Fsp3) is 0.444. The summed E-state index contributed by atoms with van der Waals surface area (Å²) in [5, 5.41) is 15.0. The van der Waals surface area contributed by atoms with Crippen molar-refractivity contribution in [1.29, 1.82) is 5.26 Å². The fourth-order valence-electron chi connectivity index (χ4n) is 1.95. The number of rotatable bonds is 5. The molecule has 118 valence electrons. The van der Waals surface area contributed by atoms with Crippen molar-refractivity contribution in [3.8, 4) is 6.07 Å². The SMILES string of the molecule is CC(C)CNC(=O)/C(C#N)=C\Nc1ccccc1C(C)(C)C. The fourth-order valence-corrected chi connectivity index (χ4v) is 1.95. The van der Waals surface area contributed by atoms with E-state index in [0.29, 0.717) is 12.5 Å². The van der Waals surface area contributed by atoms with Crippen LogP contribution in [-0.2, 0) is 10.2 Å². The van der Waals surface area contributed by atoms with Crippen LogP contribution in [0.3, 0.4) is 0 Å². The lowest BCUT2D eigenvalue weighted by Crippen LogP contribution is -2.28. The molecular formula is C18H25N3O. The van der Waals surface area contributed by atoms with Gasteiger partial charge in [0.05, 0.1) is 0 Å². The van der Waals surface area contributed by atoms with Gasteiger partial charge in [-0.2, -0.15) is 5.26 Å². The molecule has 0 aromatic heterocycles. The average Bonchev–Trinajstić information content (AvgIpc) is 2.45. The maximum absolute atomic E-state index is 11.9. The predicted molar refractivity (Wildman–Crippen MR) is 90.3 cm³/mol. The number of hydrogen-bond donors (Lipinski definition) is 2. The highest BCUT2D eigenvalue weighted by Gasteiger charge is 2.17. The normalized spacial score (nSPS) is 12.0. The van der Waals surface area contributed by atoms with Crippen LogP contribution in [0, 0.1) is 17.2 Å². The van der Waals surface area contributed by atoms with Gasteiger partial charge < -0.3 is 10.6 Å². The Hall–Kier alpha value is -2.28. The molecule has 4 heteroatoms. The van der Waals surface area contributed by atoms with Crippen LogP contribution in [0.2, 0.25) is 0 Å². The predicted octanol–water partition coefficient (Wildman–Crippen LogP) is 3.58. The molecule has 1 amide bonds. The zero-order valence-corrected chi connectivity index (χ0v) is 14.0. The molecule has 0 unspecified atom stereocenters. The average molecular weight is 299 g/mol. The van der Waals surface area contributed by atoms with E-state index < -0.39 is 0 Å². The minimum atomic E-state index is -0.350. The summed E-state index contributed by atoms with van der Waals surface area (Å²) in [5.74, 6) is -0.00425. The van der Waals surface area contributed by atoms with E-state index in [1.807, 2.05) is 44.2 Å². The van der Waals surface area contributed by atoms with Crippen LogP contribution in [0.25, 0.3) is 0 Å². The molecule has 0 radical (unpaired) electrons. The molecule has 4 nitrogen and oxygen atoms in total. The smallest absolute Gasteiger partial charge is 0.263 e.